The third-order valence-corrected chi connectivity index (χ3v) is 3.65. The van der Waals surface area contributed by atoms with Crippen molar-refractivity contribution in [1.82, 2.24) is 10.6 Å². The molecule has 2 N–H and O–H groups in total. The number of nitrogens with one attached hydrogen (secondary N) is 2. The van der Waals surface area contributed by atoms with E-state index in [1.165, 1.54) is 12.8 Å². The van der Waals surface area contributed by atoms with E-state index in [0.717, 1.165) is 22.8 Å². The molecule has 4 nitrogen and oxygen atoms in total. The molecule has 1 amide bonds. The molecule has 0 unspecified atom stereocenters. The van der Waals surface area contributed by atoms with E-state index in [1.54, 1.807) is 7.05 Å². The van der Waals surface area contributed by atoms with Crippen molar-refractivity contribution in [2.45, 2.75) is 25.4 Å². The average Bonchev–Trinajstić information content (AvgIpc) is 3.21. The van der Waals surface area contributed by atoms with Gasteiger partial charge in [0.15, 0.2) is 0 Å². The topological polar surface area (TPSA) is 44.4 Å². The highest BCUT2D eigenvalue weighted by Gasteiger charge is 2.20. The van der Waals surface area contributed by atoms with Crippen molar-refractivity contribution in [3.05, 3.63) is 28.8 Å². The van der Waals surface area contributed by atoms with Gasteiger partial charge in [0.25, 0.3) is 0 Å². The number of amides is 1. The van der Waals surface area contributed by atoms with Gasteiger partial charge in [-0.05, 0) is 30.5 Å². The van der Waals surface area contributed by atoms with Gasteiger partial charge >= 0.3 is 0 Å². The summed E-state index contributed by atoms with van der Waals surface area (Å²) in [6, 6.07) is 6.60. The van der Waals surface area contributed by atoms with Crippen LogP contribution in [0.2, 0.25) is 5.02 Å². The highest BCUT2D eigenvalue weighted by molar-refractivity contribution is 6.31. The van der Waals surface area contributed by atoms with Gasteiger partial charge < -0.3 is 15.5 Å². The molecule has 2 rings (SSSR count). The van der Waals surface area contributed by atoms with Gasteiger partial charge in [-0.3, -0.25) is 4.79 Å². The van der Waals surface area contributed by atoms with Crippen LogP contribution in [0.25, 0.3) is 0 Å². The summed E-state index contributed by atoms with van der Waals surface area (Å²) in [5.74, 6) is -0.0156. The van der Waals surface area contributed by atoms with Gasteiger partial charge in [-0.15, -0.1) is 0 Å². The first-order valence-electron chi connectivity index (χ1n) is 6.53. The molecular weight excluding hydrogens is 262 g/mol. The summed E-state index contributed by atoms with van der Waals surface area (Å²) in [5.41, 5.74) is 2.05. The second-order valence-electron chi connectivity index (χ2n) is 4.96. The van der Waals surface area contributed by atoms with Crippen LogP contribution in [-0.4, -0.2) is 32.6 Å². The summed E-state index contributed by atoms with van der Waals surface area (Å²) in [7, 11) is 3.51. The van der Waals surface area contributed by atoms with Gasteiger partial charge in [0.2, 0.25) is 5.91 Å². The second kappa shape index (κ2) is 6.26. The molecule has 1 aliphatic rings. The zero-order valence-electron chi connectivity index (χ0n) is 11.4. The summed E-state index contributed by atoms with van der Waals surface area (Å²) >= 11 is 6.28. The lowest BCUT2D eigenvalue weighted by Crippen LogP contribution is -2.32. The zero-order valence-corrected chi connectivity index (χ0v) is 12.1. The average molecular weight is 282 g/mol. The van der Waals surface area contributed by atoms with Crippen LogP contribution >= 0.6 is 11.6 Å². The first-order valence-corrected chi connectivity index (χ1v) is 6.91. The number of anilines is 1. The molecule has 5 heteroatoms. The van der Waals surface area contributed by atoms with Crippen LogP contribution in [0.3, 0.4) is 0 Å². The van der Waals surface area contributed by atoms with Gasteiger partial charge in [0.1, 0.15) is 0 Å². The Morgan fingerprint density at radius 1 is 1.47 bits per heavy atom. The van der Waals surface area contributed by atoms with Crippen molar-refractivity contribution in [2.75, 3.05) is 25.5 Å². The lowest BCUT2D eigenvalue weighted by Gasteiger charge is -2.19. The number of nitrogens with zero attached hydrogens (tertiary/aromatic N) is 1. The lowest BCUT2D eigenvalue weighted by atomic mass is 10.2. The maximum Gasteiger partial charge on any atom is 0.239 e. The number of carbonyl (C=O) groups excluding carboxylic acids is 1. The standard InChI is InChI=1S/C14H20ClN3O/c1-16-14(19)9-18(2)12-6-3-10(13(15)7-12)8-17-11-4-5-11/h3,6-7,11,17H,4-5,8-9H2,1-2H3,(H,16,19). The fourth-order valence-corrected chi connectivity index (χ4v) is 2.09. The van der Waals surface area contributed by atoms with Crippen molar-refractivity contribution in [2.24, 2.45) is 0 Å². The van der Waals surface area contributed by atoms with Crippen molar-refractivity contribution in [3.8, 4) is 0 Å². The molecule has 19 heavy (non-hydrogen) atoms. The van der Waals surface area contributed by atoms with Crippen LogP contribution in [-0.2, 0) is 11.3 Å². The highest BCUT2D eigenvalue weighted by atomic mass is 35.5. The Kier molecular flexibility index (Phi) is 4.66. The number of carbonyl (C=O) groups is 1. The van der Waals surface area contributed by atoms with Crippen LogP contribution in [0.1, 0.15) is 18.4 Å². The molecule has 104 valence electrons. The van der Waals surface area contributed by atoms with E-state index in [1.807, 2.05) is 30.1 Å². The van der Waals surface area contributed by atoms with Gasteiger partial charge in [-0.2, -0.15) is 0 Å². The van der Waals surface area contributed by atoms with E-state index in [9.17, 15) is 4.79 Å². The third-order valence-electron chi connectivity index (χ3n) is 3.30. The number of halogens is 1. The van der Waals surface area contributed by atoms with E-state index >= 15 is 0 Å². The smallest absolute Gasteiger partial charge is 0.239 e. The Labute approximate surface area is 119 Å². The fourth-order valence-electron chi connectivity index (χ4n) is 1.84. The van der Waals surface area contributed by atoms with Gasteiger partial charge in [0.05, 0.1) is 6.54 Å². The molecule has 0 radical (unpaired) electrons. The van der Waals surface area contributed by atoms with E-state index < -0.39 is 0 Å². The van der Waals surface area contributed by atoms with Crippen LogP contribution in [0.4, 0.5) is 5.69 Å². The molecule has 0 aromatic heterocycles. The molecule has 1 aromatic carbocycles. The second-order valence-corrected chi connectivity index (χ2v) is 5.37. The number of hydrogen-bond donors (Lipinski definition) is 2. The first kappa shape index (κ1) is 14.2. The first-order chi connectivity index (χ1) is 9.10. The Bertz CT molecular complexity index is 460. The van der Waals surface area contributed by atoms with Crippen molar-refractivity contribution in [1.29, 1.82) is 0 Å². The monoisotopic (exact) mass is 281 g/mol. The number of hydrogen-bond acceptors (Lipinski definition) is 3. The zero-order chi connectivity index (χ0) is 13.8. The van der Waals surface area contributed by atoms with E-state index in [2.05, 4.69) is 10.6 Å². The van der Waals surface area contributed by atoms with Crippen molar-refractivity contribution in [3.63, 3.8) is 0 Å². The maximum absolute atomic E-state index is 11.3. The lowest BCUT2D eigenvalue weighted by molar-refractivity contribution is -0.119. The minimum atomic E-state index is -0.0156. The molecular formula is C14H20ClN3O. The Morgan fingerprint density at radius 3 is 2.79 bits per heavy atom. The van der Waals surface area contributed by atoms with Crippen molar-refractivity contribution >= 4 is 23.2 Å². The molecule has 0 aliphatic heterocycles. The Morgan fingerprint density at radius 2 is 2.21 bits per heavy atom. The Hall–Kier alpha value is -1.26. The molecule has 0 heterocycles. The quantitative estimate of drug-likeness (QED) is 0.835. The summed E-state index contributed by atoms with van der Waals surface area (Å²) < 4.78 is 0. The molecule has 1 aromatic rings. The Balaban J connectivity index is 1.98. The fraction of sp³-hybridized carbons (Fsp3) is 0.500. The van der Waals surface area contributed by atoms with Crippen LogP contribution in [0.15, 0.2) is 18.2 Å². The molecule has 1 aliphatic carbocycles. The summed E-state index contributed by atoms with van der Waals surface area (Å²) in [6.45, 7) is 1.13. The molecule has 1 saturated carbocycles. The maximum atomic E-state index is 11.3. The molecule has 0 bridgehead atoms. The normalized spacial score (nSPS) is 14.3. The van der Waals surface area contributed by atoms with Gasteiger partial charge in [-0.1, -0.05) is 17.7 Å². The van der Waals surface area contributed by atoms with Gasteiger partial charge in [-0.25, -0.2) is 0 Å². The van der Waals surface area contributed by atoms with E-state index in [0.29, 0.717) is 12.6 Å². The predicted molar refractivity (Wildman–Crippen MR) is 78.7 cm³/mol. The van der Waals surface area contributed by atoms with Crippen molar-refractivity contribution < 1.29 is 4.79 Å². The van der Waals surface area contributed by atoms with E-state index in [-0.39, 0.29) is 5.91 Å². The number of benzene rings is 1. The highest BCUT2D eigenvalue weighted by Crippen LogP contribution is 2.25. The predicted octanol–water partition coefficient (Wildman–Crippen LogP) is 1.77. The minimum Gasteiger partial charge on any atom is -0.365 e. The molecule has 0 spiro atoms. The van der Waals surface area contributed by atoms with E-state index in [4.69, 9.17) is 11.6 Å². The molecule has 0 atom stereocenters. The summed E-state index contributed by atoms with van der Waals surface area (Å²) in [4.78, 5) is 13.2. The number of likely N-dealkylation sites (N-methyl/N-ethyl adjacent to an activating group) is 2. The van der Waals surface area contributed by atoms with Gasteiger partial charge in [0, 0.05) is 37.4 Å². The summed E-state index contributed by atoms with van der Waals surface area (Å²) in [5, 5.41) is 6.79. The van der Waals surface area contributed by atoms with Crippen LogP contribution in [0.5, 0.6) is 0 Å². The SMILES string of the molecule is CNC(=O)CN(C)c1ccc(CNC2CC2)c(Cl)c1. The summed E-state index contributed by atoms with van der Waals surface area (Å²) in [6.07, 6.45) is 2.54. The minimum absolute atomic E-state index is 0.0156. The molecule has 1 fully saturated rings. The van der Waals surface area contributed by atoms with Crippen LogP contribution in [0, 0.1) is 0 Å². The van der Waals surface area contributed by atoms with Crippen LogP contribution < -0.4 is 15.5 Å². The third kappa shape index (κ3) is 4.11. The molecule has 0 saturated heterocycles. The number of rotatable bonds is 6. The largest absolute Gasteiger partial charge is 0.365 e.